The predicted molar refractivity (Wildman–Crippen MR) is 67.4 cm³/mol. The fraction of sp³-hybridized carbons (Fsp3) is 0.571. The van der Waals surface area contributed by atoms with Gasteiger partial charge in [0.15, 0.2) is 0 Å². The third kappa shape index (κ3) is 3.09. The lowest BCUT2D eigenvalue weighted by molar-refractivity contribution is -0.0908. The number of ether oxygens (including phenoxy) is 4. The number of hydrogen-bond acceptors (Lipinski definition) is 4. The Morgan fingerprint density at radius 1 is 1.17 bits per heavy atom. The fourth-order valence-electron chi connectivity index (χ4n) is 2.23. The van der Waals surface area contributed by atoms with Crippen LogP contribution in [0.4, 0.5) is 0 Å². The molecule has 1 atom stereocenters. The maximum Gasteiger partial charge on any atom is 0.106 e. The molecular formula is C14H20O4. The molecule has 1 saturated heterocycles. The van der Waals surface area contributed by atoms with E-state index in [0.717, 1.165) is 16.7 Å². The first kappa shape index (κ1) is 13.5. The summed E-state index contributed by atoms with van der Waals surface area (Å²) in [5.41, 5.74) is 3.44. The van der Waals surface area contributed by atoms with Crippen molar-refractivity contribution in [1.29, 1.82) is 0 Å². The Bertz CT molecular complexity index is 372. The fourth-order valence-corrected chi connectivity index (χ4v) is 2.23. The summed E-state index contributed by atoms with van der Waals surface area (Å²) in [6, 6.07) is 6.17. The number of methoxy groups -OCH3 is 2. The molecule has 1 fully saturated rings. The maximum absolute atomic E-state index is 5.76. The van der Waals surface area contributed by atoms with Crippen molar-refractivity contribution in [2.45, 2.75) is 19.3 Å². The lowest BCUT2D eigenvalue weighted by Crippen LogP contribution is -2.23. The molecule has 0 radical (unpaired) electrons. The minimum Gasteiger partial charge on any atom is -0.380 e. The van der Waals surface area contributed by atoms with E-state index in [0.29, 0.717) is 33.0 Å². The molecule has 2 rings (SSSR count). The lowest BCUT2D eigenvalue weighted by Gasteiger charge is -2.26. The Morgan fingerprint density at radius 3 is 2.67 bits per heavy atom. The molecule has 0 N–H and O–H groups in total. The number of rotatable bonds is 5. The Labute approximate surface area is 108 Å². The van der Waals surface area contributed by atoms with Gasteiger partial charge >= 0.3 is 0 Å². The van der Waals surface area contributed by atoms with E-state index in [9.17, 15) is 0 Å². The van der Waals surface area contributed by atoms with E-state index in [1.165, 1.54) is 0 Å². The van der Waals surface area contributed by atoms with Crippen molar-refractivity contribution in [3.8, 4) is 0 Å². The molecule has 0 amide bonds. The molecule has 0 spiro atoms. The molecule has 0 aromatic heterocycles. The van der Waals surface area contributed by atoms with Gasteiger partial charge in [0.05, 0.1) is 33.0 Å². The highest BCUT2D eigenvalue weighted by Crippen LogP contribution is 2.27. The van der Waals surface area contributed by atoms with Crippen LogP contribution in [0.2, 0.25) is 0 Å². The van der Waals surface area contributed by atoms with E-state index >= 15 is 0 Å². The lowest BCUT2D eigenvalue weighted by atomic mass is 9.97. The third-order valence-corrected chi connectivity index (χ3v) is 3.06. The summed E-state index contributed by atoms with van der Waals surface area (Å²) in [5.74, 6) is 0. The zero-order chi connectivity index (χ0) is 12.8. The first-order chi connectivity index (χ1) is 8.86. The Hall–Kier alpha value is -0.940. The summed E-state index contributed by atoms with van der Waals surface area (Å²) in [5, 5.41) is 0. The van der Waals surface area contributed by atoms with Crippen LogP contribution in [-0.2, 0) is 32.2 Å². The van der Waals surface area contributed by atoms with Crippen LogP contribution in [0.1, 0.15) is 22.8 Å². The van der Waals surface area contributed by atoms with Crippen LogP contribution < -0.4 is 0 Å². The zero-order valence-electron chi connectivity index (χ0n) is 11.0. The van der Waals surface area contributed by atoms with Crippen molar-refractivity contribution < 1.29 is 18.9 Å². The maximum atomic E-state index is 5.76. The first-order valence-electron chi connectivity index (χ1n) is 6.14. The van der Waals surface area contributed by atoms with Gasteiger partial charge in [0.1, 0.15) is 6.10 Å². The second-order valence-electron chi connectivity index (χ2n) is 4.29. The standard InChI is InChI=1S/C14H20O4/c1-15-8-11-4-3-5-12(13(11)9-16-2)14-10-17-6-7-18-14/h3-5,14H,6-10H2,1-2H3. The molecule has 0 aliphatic carbocycles. The van der Waals surface area contributed by atoms with Crippen molar-refractivity contribution in [2.24, 2.45) is 0 Å². The monoisotopic (exact) mass is 252 g/mol. The molecule has 4 nitrogen and oxygen atoms in total. The highest BCUT2D eigenvalue weighted by atomic mass is 16.6. The topological polar surface area (TPSA) is 36.9 Å². The highest BCUT2D eigenvalue weighted by Gasteiger charge is 2.21. The minimum absolute atomic E-state index is 0.000654. The van der Waals surface area contributed by atoms with Crippen LogP contribution in [0.3, 0.4) is 0 Å². The van der Waals surface area contributed by atoms with Crippen LogP contribution in [0.5, 0.6) is 0 Å². The Morgan fingerprint density at radius 2 is 2.00 bits per heavy atom. The van der Waals surface area contributed by atoms with Crippen molar-refractivity contribution in [2.75, 3.05) is 34.0 Å². The van der Waals surface area contributed by atoms with Crippen LogP contribution in [0.15, 0.2) is 18.2 Å². The van der Waals surface area contributed by atoms with Crippen molar-refractivity contribution >= 4 is 0 Å². The third-order valence-electron chi connectivity index (χ3n) is 3.06. The largest absolute Gasteiger partial charge is 0.380 e. The first-order valence-corrected chi connectivity index (χ1v) is 6.14. The van der Waals surface area contributed by atoms with Gasteiger partial charge in [-0.25, -0.2) is 0 Å². The molecular weight excluding hydrogens is 232 g/mol. The van der Waals surface area contributed by atoms with E-state index in [-0.39, 0.29) is 6.10 Å². The second kappa shape index (κ2) is 6.85. The van der Waals surface area contributed by atoms with E-state index < -0.39 is 0 Å². The average molecular weight is 252 g/mol. The smallest absolute Gasteiger partial charge is 0.106 e. The van der Waals surface area contributed by atoms with Gasteiger partial charge in [-0.2, -0.15) is 0 Å². The minimum atomic E-state index is 0.000654. The average Bonchev–Trinajstić information content (AvgIpc) is 2.42. The molecule has 0 bridgehead atoms. The van der Waals surface area contributed by atoms with Crippen LogP contribution >= 0.6 is 0 Å². The molecule has 1 aliphatic rings. The molecule has 4 heteroatoms. The van der Waals surface area contributed by atoms with E-state index in [1.54, 1.807) is 14.2 Å². The molecule has 0 saturated carbocycles. The van der Waals surface area contributed by atoms with Crippen molar-refractivity contribution in [3.63, 3.8) is 0 Å². The van der Waals surface area contributed by atoms with Crippen LogP contribution in [-0.4, -0.2) is 34.0 Å². The summed E-state index contributed by atoms with van der Waals surface area (Å²) in [7, 11) is 3.40. The van der Waals surface area contributed by atoms with Crippen LogP contribution in [0, 0.1) is 0 Å². The summed E-state index contributed by atoms with van der Waals surface area (Å²) in [6.07, 6.45) is 0.000654. The second-order valence-corrected chi connectivity index (χ2v) is 4.29. The molecule has 1 heterocycles. The van der Waals surface area contributed by atoms with Gasteiger partial charge in [-0.15, -0.1) is 0 Å². The van der Waals surface area contributed by atoms with Gasteiger partial charge in [-0.05, 0) is 16.7 Å². The van der Waals surface area contributed by atoms with Gasteiger partial charge in [0.2, 0.25) is 0 Å². The summed E-state index contributed by atoms with van der Waals surface area (Å²) in [4.78, 5) is 0. The van der Waals surface area contributed by atoms with Gasteiger partial charge in [-0.1, -0.05) is 18.2 Å². The summed E-state index contributed by atoms with van der Waals surface area (Å²) in [6.45, 7) is 3.07. The SMILES string of the molecule is COCc1cccc(C2COCCO2)c1COC. The Kier molecular flexibility index (Phi) is 5.13. The van der Waals surface area contributed by atoms with E-state index in [2.05, 4.69) is 12.1 Å². The van der Waals surface area contributed by atoms with Crippen molar-refractivity contribution in [1.82, 2.24) is 0 Å². The molecule has 1 unspecified atom stereocenters. The predicted octanol–water partition coefficient (Wildman–Crippen LogP) is 2.07. The van der Waals surface area contributed by atoms with Crippen molar-refractivity contribution in [3.05, 3.63) is 34.9 Å². The summed E-state index contributed by atoms with van der Waals surface area (Å²) < 4.78 is 21.8. The van der Waals surface area contributed by atoms with Gasteiger partial charge in [0, 0.05) is 14.2 Å². The number of hydrogen-bond donors (Lipinski definition) is 0. The molecule has 1 aromatic carbocycles. The van der Waals surface area contributed by atoms with Gasteiger partial charge in [-0.3, -0.25) is 0 Å². The molecule has 18 heavy (non-hydrogen) atoms. The zero-order valence-corrected chi connectivity index (χ0v) is 11.0. The Balaban J connectivity index is 2.28. The normalized spacial score (nSPS) is 20.0. The van der Waals surface area contributed by atoms with E-state index in [4.69, 9.17) is 18.9 Å². The molecule has 100 valence electrons. The molecule has 1 aromatic rings. The van der Waals surface area contributed by atoms with Gasteiger partial charge < -0.3 is 18.9 Å². The number of benzene rings is 1. The highest BCUT2D eigenvalue weighted by molar-refractivity contribution is 5.36. The van der Waals surface area contributed by atoms with Crippen LogP contribution in [0.25, 0.3) is 0 Å². The van der Waals surface area contributed by atoms with E-state index in [1.807, 2.05) is 6.07 Å². The molecule has 1 aliphatic heterocycles. The summed E-state index contributed by atoms with van der Waals surface area (Å²) >= 11 is 0. The van der Waals surface area contributed by atoms with Gasteiger partial charge in [0.25, 0.3) is 0 Å². The quantitative estimate of drug-likeness (QED) is 0.804.